The first-order valence-electron chi connectivity index (χ1n) is 4.57. The quantitative estimate of drug-likeness (QED) is 0.475. The van der Waals surface area contributed by atoms with E-state index in [1.807, 2.05) is 0 Å². The van der Waals surface area contributed by atoms with Gasteiger partial charge in [-0.1, -0.05) is 11.6 Å². The summed E-state index contributed by atoms with van der Waals surface area (Å²) in [5, 5.41) is -0.794. The fraction of sp³-hybridized carbons (Fsp3) is 0.333. The molecule has 0 amide bonds. The van der Waals surface area contributed by atoms with Crippen molar-refractivity contribution < 1.29 is 40.6 Å². The number of rotatable bonds is 2. The summed E-state index contributed by atoms with van der Waals surface area (Å²) in [7, 11) is 0.751. The maximum Gasteiger partial charge on any atom is 0.574 e. The number of halogens is 7. The third-order valence-corrected chi connectivity index (χ3v) is 2.05. The zero-order chi connectivity index (χ0) is 15.7. The molecule has 1 aromatic rings. The van der Waals surface area contributed by atoms with Crippen LogP contribution in [0.5, 0.6) is 5.88 Å². The molecule has 4 nitrogen and oxygen atoms in total. The molecule has 0 unspecified atom stereocenters. The first kappa shape index (κ1) is 16.3. The van der Waals surface area contributed by atoms with Gasteiger partial charge in [-0.3, -0.25) is 0 Å². The van der Waals surface area contributed by atoms with Gasteiger partial charge in [0, 0.05) is 0 Å². The number of alkyl halides is 6. The molecule has 0 fully saturated rings. The Bertz CT molecular complexity index is 528. The van der Waals surface area contributed by atoms with Crippen LogP contribution >= 0.6 is 11.6 Å². The summed E-state index contributed by atoms with van der Waals surface area (Å²) in [6, 6.07) is 0.430. The molecular weight excluding hydrogens is 320 g/mol. The van der Waals surface area contributed by atoms with Crippen molar-refractivity contribution in [3.05, 3.63) is 22.3 Å². The normalized spacial score (nSPS) is 12.2. The van der Waals surface area contributed by atoms with Crippen molar-refractivity contribution in [2.45, 2.75) is 12.5 Å². The second-order valence-corrected chi connectivity index (χ2v) is 3.60. The maximum atomic E-state index is 12.8. The Hall–Kier alpha value is -1.71. The number of aromatic nitrogens is 1. The van der Waals surface area contributed by atoms with Crippen molar-refractivity contribution in [3.8, 4) is 5.88 Å². The Morgan fingerprint density at radius 2 is 1.80 bits per heavy atom. The number of carbonyl (C=O) groups excluding carboxylic acids is 1. The molecule has 0 aliphatic rings. The van der Waals surface area contributed by atoms with Crippen LogP contribution in [0, 0.1) is 0 Å². The van der Waals surface area contributed by atoms with E-state index in [2.05, 4.69) is 14.5 Å². The van der Waals surface area contributed by atoms with Crippen molar-refractivity contribution in [1.82, 2.24) is 4.98 Å². The molecule has 1 rings (SSSR count). The highest BCUT2D eigenvalue weighted by molar-refractivity contribution is 6.29. The Labute approximate surface area is 112 Å². The van der Waals surface area contributed by atoms with E-state index in [0.29, 0.717) is 6.07 Å². The van der Waals surface area contributed by atoms with Crippen LogP contribution in [0.25, 0.3) is 0 Å². The predicted molar refractivity (Wildman–Crippen MR) is 52.3 cm³/mol. The van der Waals surface area contributed by atoms with Gasteiger partial charge in [0.1, 0.15) is 10.7 Å². The minimum atomic E-state index is -5.44. The predicted octanol–water partition coefficient (Wildman–Crippen LogP) is 3.44. The smallest absolute Gasteiger partial charge is 0.465 e. The van der Waals surface area contributed by atoms with E-state index in [9.17, 15) is 31.1 Å². The summed E-state index contributed by atoms with van der Waals surface area (Å²) >= 11 is 5.27. The molecular formula is C9H4ClF6NO3. The topological polar surface area (TPSA) is 48.4 Å². The first-order valence-corrected chi connectivity index (χ1v) is 4.95. The summed E-state index contributed by atoms with van der Waals surface area (Å²) < 4.78 is 81.7. The summed E-state index contributed by atoms with van der Waals surface area (Å²) in [5.74, 6) is -3.41. The lowest BCUT2D eigenvalue weighted by Gasteiger charge is -2.17. The molecule has 1 aromatic heterocycles. The molecule has 1 heterocycles. The third-order valence-electron chi connectivity index (χ3n) is 1.86. The molecule has 112 valence electrons. The second kappa shape index (κ2) is 5.35. The van der Waals surface area contributed by atoms with E-state index in [0.717, 1.165) is 7.11 Å². The SMILES string of the molecule is COC(=O)c1cc(Cl)nc(OC(F)(F)F)c1C(F)(F)F. The Morgan fingerprint density at radius 3 is 2.20 bits per heavy atom. The van der Waals surface area contributed by atoms with E-state index in [4.69, 9.17) is 11.6 Å². The minimum absolute atomic E-state index is 0.430. The number of ether oxygens (including phenoxy) is 2. The van der Waals surface area contributed by atoms with Crippen LogP contribution in [-0.2, 0) is 10.9 Å². The van der Waals surface area contributed by atoms with E-state index >= 15 is 0 Å². The van der Waals surface area contributed by atoms with E-state index in [1.165, 1.54) is 0 Å². The van der Waals surface area contributed by atoms with Crippen molar-refractivity contribution in [2.75, 3.05) is 7.11 Å². The molecule has 0 radical (unpaired) electrons. The zero-order valence-corrected chi connectivity index (χ0v) is 10.2. The van der Waals surface area contributed by atoms with Crippen LogP contribution in [0.1, 0.15) is 15.9 Å². The maximum absolute atomic E-state index is 12.8. The van der Waals surface area contributed by atoms with Crippen LogP contribution < -0.4 is 4.74 Å². The van der Waals surface area contributed by atoms with Crippen LogP contribution in [0.15, 0.2) is 6.07 Å². The van der Waals surface area contributed by atoms with Crippen molar-refractivity contribution in [1.29, 1.82) is 0 Å². The minimum Gasteiger partial charge on any atom is -0.465 e. The lowest BCUT2D eigenvalue weighted by molar-refractivity contribution is -0.277. The van der Waals surface area contributed by atoms with Gasteiger partial charge in [0.25, 0.3) is 0 Å². The van der Waals surface area contributed by atoms with E-state index < -0.39 is 40.7 Å². The van der Waals surface area contributed by atoms with Crippen molar-refractivity contribution in [3.63, 3.8) is 0 Å². The van der Waals surface area contributed by atoms with Crippen molar-refractivity contribution >= 4 is 17.6 Å². The monoisotopic (exact) mass is 323 g/mol. The largest absolute Gasteiger partial charge is 0.574 e. The van der Waals surface area contributed by atoms with Crippen molar-refractivity contribution in [2.24, 2.45) is 0 Å². The Morgan fingerprint density at radius 1 is 1.25 bits per heavy atom. The van der Waals surface area contributed by atoms with Gasteiger partial charge < -0.3 is 9.47 Å². The molecule has 11 heteroatoms. The van der Waals surface area contributed by atoms with Gasteiger partial charge >= 0.3 is 18.5 Å². The second-order valence-electron chi connectivity index (χ2n) is 3.21. The Balaban J connectivity index is 3.57. The average Bonchev–Trinajstić information content (AvgIpc) is 2.22. The molecule has 0 N–H and O–H groups in total. The molecule has 0 spiro atoms. The highest BCUT2D eigenvalue weighted by Crippen LogP contribution is 2.40. The zero-order valence-electron chi connectivity index (χ0n) is 9.40. The summed E-state index contributed by atoms with van der Waals surface area (Å²) in [6.07, 6.45) is -10.8. The number of esters is 1. The lowest BCUT2D eigenvalue weighted by Crippen LogP contribution is -2.23. The van der Waals surface area contributed by atoms with Gasteiger partial charge in [0.05, 0.1) is 12.7 Å². The molecule has 0 saturated heterocycles. The van der Waals surface area contributed by atoms with Crippen LogP contribution in [0.4, 0.5) is 26.3 Å². The lowest BCUT2D eigenvalue weighted by atomic mass is 10.1. The average molecular weight is 324 g/mol. The van der Waals surface area contributed by atoms with Gasteiger partial charge in [0.15, 0.2) is 0 Å². The van der Waals surface area contributed by atoms with Crippen LogP contribution in [0.3, 0.4) is 0 Å². The molecule has 0 aliphatic heterocycles. The van der Waals surface area contributed by atoms with Gasteiger partial charge in [-0.05, 0) is 6.07 Å². The van der Waals surface area contributed by atoms with E-state index in [1.54, 1.807) is 0 Å². The third kappa shape index (κ3) is 3.89. The highest BCUT2D eigenvalue weighted by atomic mass is 35.5. The number of carbonyl (C=O) groups is 1. The molecule has 0 aromatic carbocycles. The standard InChI is InChI=1S/C9H4ClF6NO3/c1-19-7(18)3-2-4(10)17-6(20-9(14,15)16)5(3)8(11,12)13/h2H,1H3. The summed E-state index contributed by atoms with van der Waals surface area (Å²) in [4.78, 5) is 14.0. The number of methoxy groups -OCH3 is 1. The summed E-state index contributed by atoms with van der Waals surface area (Å²) in [5.41, 5.74) is -3.26. The van der Waals surface area contributed by atoms with E-state index in [-0.39, 0.29) is 0 Å². The molecule has 0 atom stereocenters. The van der Waals surface area contributed by atoms with Crippen LogP contribution in [0.2, 0.25) is 5.15 Å². The number of hydrogen-bond donors (Lipinski definition) is 0. The van der Waals surface area contributed by atoms with Gasteiger partial charge in [-0.25, -0.2) is 9.78 Å². The van der Waals surface area contributed by atoms with Gasteiger partial charge in [-0.2, -0.15) is 13.2 Å². The van der Waals surface area contributed by atoms with Gasteiger partial charge in [-0.15, -0.1) is 13.2 Å². The number of nitrogens with zero attached hydrogens (tertiary/aromatic N) is 1. The van der Waals surface area contributed by atoms with Crippen LogP contribution in [-0.4, -0.2) is 24.4 Å². The molecule has 0 bridgehead atoms. The summed E-state index contributed by atoms with van der Waals surface area (Å²) in [6.45, 7) is 0. The number of pyridine rings is 1. The molecule has 0 aliphatic carbocycles. The van der Waals surface area contributed by atoms with Gasteiger partial charge in [0.2, 0.25) is 5.88 Å². The molecule has 0 saturated carbocycles. The molecule has 20 heavy (non-hydrogen) atoms. The fourth-order valence-corrected chi connectivity index (χ4v) is 1.41. The number of hydrogen-bond acceptors (Lipinski definition) is 4. The first-order chi connectivity index (χ1) is 8.95. The highest BCUT2D eigenvalue weighted by Gasteiger charge is 2.44. The Kier molecular flexibility index (Phi) is 4.37. The fourth-order valence-electron chi connectivity index (χ4n) is 1.22.